The first kappa shape index (κ1) is 15.3. The summed E-state index contributed by atoms with van der Waals surface area (Å²) in [5.41, 5.74) is 0.555. The molecule has 1 heterocycles. The Morgan fingerprint density at radius 3 is 2.70 bits per heavy atom. The summed E-state index contributed by atoms with van der Waals surface area (Å²) in [5.74, 6) is -2.01. The topological polar surface area (TPSA) is 37.8 Å². The molecule has 2 aromatic rings. The molecule has 0 aliphatic heterocycles. The lowest BCUT2D eigenvalue weighted by atomic mass is 10.3. The number of hydrogen-bond acceptors (Lipinski definition) is 5. The van der Waals surface area contributed by atoms with Crippen molar-refractivity contribution in [2.45, 2.75) is 15.8 Å². The van der Waals surface area contributed by atoms with Crippen molar-refractivity contribution in [2.75, 3.05) is 11.6 Å². The van der Waals surface area contributed by atoms with Crippen molar-refractivity contribution >= 4 is 46.6 Å². The quantitative estimate of drug-likeness (QED) is 0.478. The molecule has 106 valence electrons. The minimum Gasteiger partial charge on any atom is -0.339 e. The van der Waals surface area contributed by atoms with Crippen molar-refractivity contribution in [2.24, 2.45) is 0 Å². The summed E-state index contributed by atoms with van der Waals surface area (Å²) in [6, 6.07) is 8.34. The van der Waals surface area contributed by atoms with E-state index in [1.54, 1.807) is 30.3 Å². The second kappa shape index (κ2) is 7.10. The number of anilines is 2. The van der Waals surface area contributed by atoms with E-state index in [0.29, 0.717) is 38.5 Å². The molecule has 1 N–H and O–H groups in total. The third-order valence-corrected chi connectivity index (χ3v) is 3.75. The summed E-state index contributed by atoms with van der Waals surface area (Å²) < 4.78 is 25.0. The standard InChI is InChI=1S/C12H10ClF2N3S2/c1-19-12-17-9(13)6-10(18-12)16-7-4-2-3-5-8(7)20-11(14)15/h2-6,11H,1H3,(H,16,17,18). The number of para-hydroxylation sites is 1. The summed E-state index contributed by atoms with van der Waals surface area (Å²) in [6.07, 6.45) is 1.83. The van der Waals surface area contributed by atoms with Crippen LogP contribution in [-0.2, 0) is 0 Å². The van der Waals surface area contributed by atoms with Gasteiger partial charge < -0.3 is 5.32 Å². The average Bonchev–Trinajstić information content (AvgIpc) is 2.39. The zero-order valence-electron chi connectivity index (χ0n) is 10.3. The van der Waals surface area contributed by atoms with Crippen LogP contribution >= 0.6 is 35.1 Å². The van der Waals surface area contributed by atoms with E-state index in [2.05, 4.69) is 15.3 Å². The van der Waals surface area contributed by atoms with E-state index in [4.69, 9.17) is 11.6 Å². The maximum absolute atomic E-state index is 12.5. The van der Waals surface area contributed by atoms with Crippen molar-refractivity contribution in [3.63, 3.8) is 0 Å². The predicted octanol–water partition coefficient (Wildman–Crippen LogP) is 4.91. The molecule has 0 spiro atoms. The molecule has 0 saturated heterocycles. The molecule has 20 heavy (non-hydrogen) atoms. The van der Waals surface area contributed by atoms with Gasteiger partial charge in [0.15, 0.2) is 5.16 Å². The largest absolute Gasteiger partial charge is 0.339 e. The van der Waals surface area contributed by atoms with E-state index in [1.165, 1.54) is 11.8 Å². The Hall–Kier alpha value is -1.05. The normalized spacial score (nSPS) is 10.8. The van der Waals surface area contributed by atoms with Gasteiger partial charge >= 0.3 is 0 Å². The van der Waals surface area contributed by atoms with Gasteiger partial charge in [-0.1, -0.05) is 47.3 Å². The highest BCUT2D eigenvalue weighted by atomic mass is 35.5. The molecule has 1 aromatic carbocycles. The van der Waals surface area contributed by atoms with Gasteiger partial charge in [-0.25, -0.2) is 9.97 Å². The zero-order chi connectivity index (χ0) is 14.5. The van der Waals surface area contributed by atoms with Gasteiger partial charge in [0, 0.05) is 11.0 Å². The Morgan fingerprint density at radius 1 is 1.25 bits per heavy atom. The number of nitrogens with one attached hydrogen (secondary N) is 1. The first-order chi connectivity index (χ1) is 9.58. The summed E-state index contributed by atoms with van der Waals surface area (Å²) in [4.78, 5) is 8.69. The molecular formula is C12H10ClF2N3S2. The minimum absolute atomic E-state index is 0.297. The predicted molar refractivity (Wildman–Crippen MR) is 80.4 cm³/mol. The van der Waals surface area contributed by atoms with E-state index in [1.807, 2.05) is 6.26 Å². The first-order valence-electron chi connectivity index (χ1n) is 5.48. The lowest BCUT2D eigenvalue weighted by Crippen LogP contribution is -1.98. The van der Waals surface area contributed by atoms with Gasteiger partial charge in [-0.15, -0.1) is 0 Å². The van der Waals surface area contributed by atoms with Crippen LogP contribution in [0, 0.1) is 0 Å². The molecule has 1 aromatic heterocycles. The third kappa shape index (κ3) is 4.22. The van der Waals surface area contributed by atoms with Gasteiger partial charge in [-0.2, -0.15) is 8.78 Å². The first-order valence-corrected chi connectivity index (χ1v) is 7.96. The fraction of sp³-hybridized carbons (Fsp3) is 0.167. The van der Waals surface area contributed by atoms with Crippen LogP contribution in [0.3, 0.4) is 0 Å². The highest BCUT2D eigenvalue weighted by Crippen LogP contribution is 2.33. The lowest BCUT2D eigenvalue weighted by Gasteiger charge is -2.11. The van der Waals surface area contributed by atoms with E-state index >= 15 is 0 Å². The second-order valence-electron chi connectivity index (χ2n) is 3.56. The van der Waals surface area contributed by atoms with E-state index in [0.717, 1.165) is 0 Å². The summed E-state index contributed by atoms with van der Waals surface area (Å²) in [6.45, 7) is 0. The monoisotopic (exact) mass is 333 g/mol. The molecule has 0 saturated carbocycles. The number of hydrogen-bond donors (Lipinski definition) is 1. The van der Waals surface area contributed by atoms with Crippen molar-refractivity contribution in [3.05, 3.63) is 35.5 Å². The maximum Gasteiger partial charge on any atom is 0.288 e. The number of alkyl halides is 2. The van der Waals surface area contributed by atoms with Crippen molar-refractivity contribution in [1.82, 2.24) is 9.97 Å². The van der Waals surface area contributed by atoms with Crippen LogP contribution in [-0.4, -0.2) is 22.0 Å². The van der Waals surface area contributed by atoms with Gasteiger partial charge in [0.2, 0.25) is 0 Å². The fourth-order valence-corrected chi connectivity index (χ4v) is 2.67. The summed E-state index contributed by atoms with van der Waals surface area (Å²) >= 11 is 7.72. The van der Waals surface area contributed by atoms with E-state index < -0.39 is 5.76 Å². The number of nitrogens with zero attached hydrogens (tertiary/aromatic N) is 2. The molecule has 0 aliphatic carbocycles. The molecule has 0 atom stereocenters. The van der Waals surface area contributed by atoms with Crippen molar-refractivity contribution in [1.29, 1.82) is 0 Å². The molecule has 8 heteroatoms. The number of aromatic nitrogens is 2. The van der Waals surface area contributed by atoms with Crippen molar-refractivity contribution < 1.29 is 8.78 Å². The van der Waals surface area contributed by atoms with Crippen LogP contribution in [0.2, 0.25) is 5.15 Å². The Bertz CT molecular complexity index is 599. The Morgan fingerprint density at radius 2 is 2.00 bits per heavy atom. The molecule has 0 unspecified atom stereocenters. The summed E-state index contributed by atoms with van der Waals surface area (Å²) in [7, 11) is 0. The van der Waals surface area contributed by atoms with Gasteiger partial charge in [0.05, 0.1) is 5.69 Å². The molecule has 0 radical (unpaired) electrons. The lowest BCUT2D eigenvalue weighted by molar-refractivity contribution is 0.252. The van der Waals surface area contributed by atoms with Gasteiger partial charge in [-0.05, 0) is 18.4 Å². The SMILES string of the molecule is CSc1nc(Cl)cc(Nc2ccccc2SC(F)F)n1. The molecule has 0 amide bonds. The zero-order valence-corrected chi connectivity index (χ0v) is 12.7. The molecule has 0 aliphatic rings. The van der Waals surface area contributed by atoms with E-state index in [9.17, 15) is 8.78 Å². The second-order valence-corrected chi connectivity index (χ2v) is 5.75. The average molecular weight is 334 g/mol. The third-order valence-electron chi connectivity index (χ3n) is 2.22. The van der Waals surface area contributed by atoms with Gasteiger partial charge in [0.1, 0.15) is 11.0 Å². The maximum atomic E-state index is 12.5. The molecule has 2 rings (SSSR count). The van der Waals surface area contributed by atoms with Crippen LogP contribution in [0.25, 0.3) is 0 Å². The molecule has 3 nitrogen and oxygen atoms in total. The van der Waals surface area contributed by atoms with E-state index in [-0.39, 0.29) is 0 Å². The van der Waals surface area contributed by atoms with Crippen LogP contribution < -0.4 is 5.32 Å². The van der Waals surface area contributed by atoms with Gasteiger partial charge in [-0.3, -0.25) is 0 Å². The van der Waals surface area contributed by atoms with Crippen LogP contribution in [0.1, 0.15) is 0 Å². The minimum atomic E-state index is -2.48. The van der Waals surface area contributed by atoms with Gasteiger partial charge in [0.25, 0.3) is 5.76 Å². The highest BCUT2D eigenvalue weighted by Gasteiger charge is 2.11. The summed E-state index contributed by atoms with van der Waals surface area (Å²) in [5, 5.41) is 3.80. The highest BCUT2D eigenvalue weighted by molar-refractivity contribution is 7.99. The smallest absolute Gasteiger partial charge is 0.288 e. The fourth-order valence-electron chi connectivity index (χ4n) is 1.46. The molecular weight excluding hydrogens is 324 g/mol. The number of rotatable bonds is 5. The number of benzene rings is 1. The van der Waals surface area contributed by atoms with Crippen LogP contribution in [0.5, 0.6) is 0 Å². The molecule has 0 bridgehead atoms. The number of halogens is 3. The van der Waals surface area contributed by atoms with Crippen LogP contribution in [0.4, 0.5) is 20.3 Å². The number of thioether (sulfide) groups is 2. The van der Waals surface area contributed by atoms with Crippen molar-refractivity contribution in [3.8, 4) is 0 Å². The van der Waals surface area contributed by atoms with Crippen LogP contribution in [0.15, 0.2) is 40.4 Å². The Balaban J connectivity index is 2.27. The Kier molecular flexibility index (Phi) is 5.45. The molecule has 0 fully saturated rings. The Labute approximate surface area is 128 Å².